The Balaban J connectivity index is 1.89. The molecule has 1 aromatic carbocycles. The number of carboxylic acid groups (broad SMARTS) is 1. The number of carbonyl (C=O) groups is 1. The van der Waals surface area contributed by atoms with E-state index in [2.05, 4.69) is 15.1 Å². The van der Waals surface area contributed by atoms with Crippen LogP contribution in [0.15, 0.2) is 35.5 Å². The molecule has 0 spiro atoms. The van der Waals surface area contributed by atoms with Crippen molar-refractivity contribution in [2.24, 2.45) is 12.2 Å². The summed E-state index contributed by atoms with van der Waals surface area (Å²) in [6.07, 6.45) is -10.9. The molecule has 0 radical (unpaired) electrons. The molecule has 0 aliphatic carbocycles. The second-order valence-electron chi connectivity index (χ2n) is 6.47. The second-order valence-corrected chi connectivity index (χ2v) is 6.47. The second kappa shape index (κ2) is 6.78. The van der Waals surface area contributed by atoms with Crippen molar-refractivity contribution in [3.05, 3.63) is 52.8 Å². The molecule has 1 aromatic heterocycles. The van der Waals surface area contributed by atoms with Crippen LogP contribution in [0.4, 0.5) is 26.3 Å². The van der Waals surface area contributed by atoms with E-state index >= 15 is 0 Å². The fraction of sp³-hybridized carbons (Fsp3) is 0.353. The number of alkyl halides is 6. The molecule has 1 aliphatic heterocycles. The first-order valence-corrected chi connectivity index (χ1v) is 8.08. The van der Waals surface area contributed by atoms with Crippen molar-refractivity contribution in [1.29, 1.82) is 0 Å². The Kier molecular flexibility index (Phi) is 4.83. The van der Waals surface area contributed by atoms with Gasteiger partial charge < -0.3 is 9.94 Å². The monoisotopic (exact) mass is 421 g/mol. The third-order valence-electron chi connectivity index (χ3n) is 4.43. The van der Waals surface area contributed by atoms with Gasteiger partial charge >= 0.3 is 18.3 Å². The molecule has 0 saturated carbocycles. The fourth-order valence-electron chi connectivity index (χ4n) is 3.01. The van der Waals surface area contributed by atoms with E-state index < -0.39 is 41.7 Å². The van der Waals surface area contributed by atoms with E-state index in [1.165, 1.54) is 24.3 Å². The molecule has 0 fully saturated rings. The number of nitrogens with zero attached hydrogens (tertiary/aromatic N) is 3. The Morgan fingerprint density at radius 2 is 1.83 bits per heavy atom. The molecule has 1 atom stereocenters. The van der Waals surface area contributed by atoms with Crippen molar-refractivity contribution >= 4 is 11.7 Å². The predicted molar refractivity (Wildman–Crippen MR) is 86.2 cm³/mol. The highest BCUT2D eigenvalue weighted by Crippen LogP contribution is 2.49. The zero-order valence-electron chi connectivity index (χ0n) is 14.7. The van der Waals surface area contributed by atoms with Crippen molar-refractivity contribution < 1.29 is 41.1 Å². The van der Waals surface area contributed by atoms with Gasteiger partial charge in [-0.3, -0.25) is 4.68 Å². The molecular formula is C17H13F6N3O3. The maximum absolute atomic E-state index is 13.9. The number of aryl methyl sites for hydroxylation is 1. The van der Waals surface area contributed by atoms with Crippen LogP contribution in [-0.2, 0) is 30.1 Å². The lowest BCUT2D eigenvalue weighted by molar-refractivity contribution is -0.278. The minimum atomic E-state index is -5.07. The highest BCUT2D eigenvalue weighted by atomic mass is 19.4. The summed E-state index contributed by atoms with van der Waals surface area (Å²) in [5.41, 5.74) is -4.99. The summed E-state index contributed by atoms with van der Waals surface area (Å²) in [6, 6.07) is 5.67. The first kappa shape index (κ1) is 20.7. The van der Waals surface area contributed by atoms with Crippen molar-refractivity contribution in [1.82, 2.24) is 9.78 Å². The largest absolute Gasteiger partial charge is 0.478 e. The van der Waals surface area contributed by atoms with Crippen molar-refractivity contribution in [2.75, 3.05) is 0 Å². The SMILES string of the molecule is Cn1nc(C(F)(F)F)cc1C1(C(F)(F)F)CC(Cc2ccc(C(=O)O)cc2)=NO1. The van der Waals surface area contributed by atoms with Gasteiger partial charge in [0.15, 0.2) is 5.69 Å². The van der Waals surface area contributed by atoms with Crippen molar-refractivity contribution in [3.8, 4) is 0 Å². The lowest BCUT2D eigenvalue weighted by Gasteiger charge is -2.28. The van der Waals surface area contributed by atoms with Crippen LogP contribution in [0.1, 0.15) is 33.7 Å². The molecule has 3 rings (SSSR count). The number of hydrogen-bond acceptors (Lipinski definition) is 4. The Morgan fingerprint density at radius 1 is 1.21 bits per heavy atom. The molecule has 6 nitrogen and oxygen atoms in total. The standard InChI is InChI=1S/C17H13F6N3O3/c1-26-13(7-12(24-26)16(18,19)20)15(17(21,22)23)8-11(25-29-15)6-9-2-4-10(5-3-9)14(27)28/h2-5,7H,6,8H2,1H3,(H,27,28). The highest BCUT2D eigenvalue weighted by molar-refractivity contribution is 5.89. The van der Waals surface area contributed by atoms with Crippen LogP contribution in [0.2, 0.25) is 0 Å². The number of oxime groups is 1. The normalized spacial score (nSPS) is 19.8. The summed E-state index contributed by atoms with van der Waals surface area (Å²) in [6.45, 7) is 0. The molecule has 29 heavy (non-hydrogen) atoms. The summed E-state index contributed by atoms with van der Waals surface area (Å²) >= 11 is 0. The number of benzene rings is 1. The topological polar surface area (TPSA) is 76.7 Å². The summed E-state index contributed by atoms with van der Waals surface area (Å²) in [5, 5.41) is 15.5. The summed E-state index contributed by atoms with van der Waals surface area (Å²) in [5.74, 6) is -1.16. The van der Waals surface area contributed by atoms with E-state index in [4.69, 9.17) is 5.11 Å². The Morgan fingerprint density at radius 3 is 2.31 bits per heavy atom. The Labute approximate surface area is 159 Å². The van der Waals surface area contributed by atoms with Crippen LogP contribution in [0.3, 0.4) is 0 Å². The van der Waals surface area contributed by atoms with Gasteiger partial charge in [0.05, 0.1) is 17.0 Å². The van der Waals surface area contributed by atoms with Gasteiger partial charge in [0.25, 0.3) is 5.60 Å². The molecule has 0 amide bonds. The average molecular weight is 421 g/mol. The summed E-state index contributed by atoms with van der Waals surface area (Å²) in [7, 11) is 0.962. The molecule has 0 saturated heterocycles. The van der Waals surface area contributed by atoms with Gasteiger partial charge in [-0.05, 0) is 23.8 Å². The van der Waals surface area contributed by atoms with Crippen molar-refractivity contribution in [3.63, 3.8) is 0 Å². The first-order chi connectivity index (χ1) is 13.3. The van der Waals surface area contributed by atoms with Crippen LogP contribution >= 0.6 is 0 Å². The molecule has 0 bridgehead atoms. The van der Waals surface area contributed by atoms with E-state index in [-0.39, 0.29) is 17.7 Å². The number of carboxylic acids is 1. The zero-order valence-corrected chi connectivity index (χ0v) is 14.7. The van der Waals surface area contributed by atoms with E-state index in [0.717, 1.165) is 7.05 Å². The lowest BCUT2D eigenvalue weighted by Crippen LogP contribution is -2.44. The molecule has 1 N–H and O–H groups in total. The van der Waals surface area contributed by atoms with Gasteiger partial charge in [0.1, 0.15) is 0 Å². The van der Waals surface area contributed by atoms with E-state index in [1.54, 1.807) is 0 Å². The van der Waals surface area contributed by atoms with Crippen LogP contribution < -0.4 is 0 Å². The predicted octanol–water partition coefficient (Wildman–Crippen LogP) is 3.91. The molecular weight excluding hydrogens is 408 g/mol. The Hall–Kier alpha value is -3.05. The van der Waals surface area contributed by atoms with Gasteiger partial charge in [-0.2, -0.15) is 31.4 Å². The number of rotatable bonds is 4. The summed E-state index contributed by atoms with van der Waals surface area (Å²) in [4.78, 5) is 15.5. The van der Waals surface area contributed by atoms with Gasteiger partial charge in [-0.25, -0.2) is 4.79 Å². The minimum absolute atomic E-state index is 0.00226. The number of aromatic carboxylic acids is 1. The van der Waals surface area contributed by atoms with Crippen LogP contribution in [0, 0.1) is 0 Å². The number of hydrogen-bond donors (Lipinski definition) is 1. The van der Waals surface area contributed by atoms with Gasteiger partial charge in [-0.1, -0.05) is 17.3 Å². The third-order valence-corrected chi connectivity index (χ3v) is 4.43. The van der Waals surface area contributed by atoms with Gasteiger partial charge in [0, 0.05) is 19.9 Å². The van der Waals surface area contributed by atoms with Crippen molar-refractivity contribution in [2.45, 2.75) is 30.8 Å². The third kappa shape index (κ3) is 3.78. The van der Waals surface area contributed by atoms with Crippen LogP contribution in [-0.4, -0.2) is 32.7 Å². The maximum atomic E-state index is 13.9. The van der Waals surface area contributed by atoms with Crippen LogP contribution in [0.5, 0.6) is 0 Å². The molecule has 2 aromatic rings. The fourth-order valence-corrected chi connectivity index (χ4v) is 3.01. The highest BCUT2D eigenvalue weighted by Gasteiger charge is 2.64. The lowest BCUT2D eigenvalue weighted by atomic mass is 9.90. The van der Waals surface area contributed by atoms with E-state index in [1.807, 2.05) is 0 Å². The zero-order chi connectivity index (χ0) is 21.6. The quantitative estimate of drug-likeness (QED) is 0.760. The molecule has 156 valence electrons. The minimum Gasteiger partial charge on any atom is -0.478 e. The van der Waals surface area contributed by atoms with Gasteiger partial charge in [0.2, 0.25) is 0 Å². The maximum Gasteiger partial charge on any atom is 0.437 e. The number of aromatic nitrogens is 2. The Bertz CT molecular complexity index is 962. The number of halogens is 6. The molecule has 2 heterocycles. The van der Waals surface area contributed by atoms with Gasteiger partial charge in [-0.15, -0.1) is 0 Å². The van der Waals surface area contributed by atoms with E-state index in [0.29, 0.717) is 16.3 Å². The average Bonchev–Trinajstić information content (AvgIpc) is 3.19. The smallest absolute Gasteiger partial charge is 0.437 e. The molecule has 1 unspecified atom stereocenters. The first-order valence-electron chi connectivity index (χ1n) is 8.08. The molecule has 12 heteroatoms. The molecule has 1 aliphatic rings. The van der Waals surface area contributed by atoms with Crippen LogP contribution in [0.25, 0.3) is 0 Å². The van der Waals surface area contributed by atoms with E-state index in [9.17, 15) is 31.1 Å². The summed E-state index contributed by atoms with van der Waals surface area (Å²) < 4.78 is 80.7.